The Labute approximate surface area is 140 Å². The van der Waals surface area contributed by atoms with Gasteiger partial charge in [-0.2, -0.15) is 0 Å². The molecule has 0 unspecified atom stereocenters. The highest BCUT2D eigenvalue weighted by atomic mass is 79.9. The van der Waals surface area contributed by atoms with Gasteiger partial charge in [-0.05, 0) is 45.1 Å². The smallest absolute Gasteiger partial charge is 0.243 e. The molecule has 4 heteroatoms. The van der Waals surface area contributed by atoms with Crippen LogP contribution in [0.1, 0.15) is 26.3 Å². The zero-order valence-corrected chi connectivity index (χ0v) is 14.7. The van der Waals surface area contributed by atoms with E-state index in [-0.39, 0.29) is 17.9 Å². The SMILES string of the molecule is CC(C)(C)c1ccccc1NC(=O)CNc1ccccc1Br. The predicted octanol–water partition coefficient (Wildman–Crippen LogP) is 4.80. The standard InChI is InChI=1S/C18H21BrN2O/c1-18(2,3)13-8-4-6-10-15(13)21-17(22)12-20-16-11-7-5-9-14(16)19/h4-11,20H,12H2,1-3H3,(H,21,22). The van der Waals surface area contributed by atoms with Crippen molar-refractivity contribution >= 4 is 33.2 Å². The van der Waals surface area contributed by atoms with Crippen LogP contribution in [0.25, 0.3) is 0 Å². The third-order valence-electron chi connectivity index (χ3n) is 3.32. The van der Waals surface area contributed by atoms with E-state index in [9.17, 15) is 4.79 Å². The van der Waals surface area contributed by atoms with Gasteiger partial charge in [0.25, 0.3) is 0 Å². The summed E-state index contributed by atoms with van der Waals surface area (Å²) in [7, 11) is 0. The molecule has 0 aliphatic carbocycles. The summed E-state index contributed by atoms with van der Waals surface area (Å²) >= 11 is 3.46. The Kier molecular flexibility index (Phi) is 5.24. The van der Waals surface area contributed by atoms with Gasteiger partial charge in [-0.3, -0.25) is 4.79 Å². The first-order valence-electron chi connectivity index (χ1n) is 7.25. The molecular weight excluding hydrogens is 340 g/mol. The number of carbonyl (C=O) groups excluding carboxylic acids is 1. The topological polar surface area (TPSA) is 41.1 Å². The van der Waals surface area contributed by atoms with Crippen molar-refractivity contribution < 1.29 is 4.79 Å². The first kappa shape index (κ1) is 16.6. The highest BCUT2D eigenvalue weighted by Crippen LogP contribution is 2.29. The van der Waals surface area contributed by atoms with Crippen molar-refractivity contribution in [1.29, 1.82) is 0 Å². The number of nitrogens with one attached hydrogen (secondary N) is 2. The van der Waals surface area contributed by atoms with Crippen molar-refractivity contribution in [3.63, 3.8) is 0 Å². The van der Waals surface area contributed by atoms with Crippen LogP contribution in [0.15, 0.2) is 53.0 Å². The van der Waals surface area contributed by atoms with Gasteiger partial charge in [0.1, 0.15) is 0 Å². The molecule has 0 heterocycles. The lowest BCUT2D eigenvalue weighted by Gasteiger charge is -2.23. The molecule has 0 aromatic heterocycles. The number of hydrogen-bond donors (Lipinski definition) is 2. The molecule has 0 saturated carbocycles. The zero-order valence-electron chi connectivity index (χ0n) is 13.1. The molecule has 0 aliphatic heterocycles. The lowest BCUT2D eigenvalue weighted by atomic mass is 9.86. The van der Waals surface area contributed by atoms with Gasteiger partial charge in [-0.15, -0.1) is 0 Å². The Balaban J connectivity index is 2.03. The van der Waals surface area contributed by atoms with E-state index in [0.29, 0.717) is 0 Å². The Morgan fingerprint density at radius 3 is 2.23 bits per heavy atom. The molecule has 0 atom stereocenters. The molecule has 2 rings (SSSR count). The number of rotatable bonds is 4. The maximum absolute atomic E-state index is 12.2. The van der Waals surface area contributed by atoms with Crippen LogP contribution in [0.4, 0.5) is 11.4 Å². The van der Waals surface area contributed by atoms with Crippen LogP contribution in [0.5, 0.6) is 0 Å². The van der Waals surface area contributed by atoms with Gasteiger partial charge in [0.2, 0.25) is 5.91 Å². The minimum Gasteiger partial charge on any atom is -0.375 e. The summed E-state index contributed by atoms with van der Waals surface area (Å²) in [5.74, 6) is -0.0625. The van der Waals surface area contributed by atoms with Crippen molar-refractivity contribution in [3.8, 4) is 0 Å². The summed E-state index contributed by atoms with van der Waals surface area (Å²) in [5.41, 5.74) is 2.89. The molecule has 22 heavy (non-hydrogen) atoms. The molecule has 0 spiro atoms. The summed E-state index contributed by atoms with van der Waals surface area (Å²) in [4.78, 5) is 12.2. The van der Waals surface area contributed by atoms with Gasteiger partial charge < -0.3 is 10.6 Å². The van der Waals surface area contributed by atoms with Crippen LogP contribution >= 0.6 is 15.9 Å². The minimum absolute atomic E-state index is 0.0141. The molecular formula is C18H21BrN2O. The second kappa shape index (κ2) is 6.97. The Bertz CT molecular complexity index is 662. The van der Waals surface area contributed by atoms with E-state index in [4.69, 9.17) is 0 Å². The second-order valence-electron chi connectivity index (χ2n) is 6.18. The Morgan fingerprint density at radius 2 is 1.59 bits per heavy atom. The number of carbonyl (C=O) groups is 1. The fraction of sp³-hybridized carbons (Fsp3) is 0.278. The predicted molar refractivity (Wildman–Crippen MR) is 96.4 cm³/mol. The average molecular weight is 361 g/mol. The van der Waals surface area contributed by atoms with Crippen molar-refractivity contribution in [1.82, 2.24) is 0 Å². The van der Waals surface area contributed by atoms with Gasteiger partial charge in [-0.1, -0.05) is 51.1 Å². The molecule has 2 N–H and O–H groups in total. The summed E-state index contributed by atoms with van der Waals surface area (Å²) in [6.07, 6.45) is 0. The normalized spacial score (nSPS) is 11.1. The molecule has 3 nitrogen and oxygen atoms in total. The molecule has 2 aromatic rings. The van der Waals surface area contributed by atoms with Crippen molar-refractivity contribution in [2.75, 3.05) is 17.2 Å². The molecule has 0 saturated heterocycles. The summed E-state index contributed by atoms with van der Waals surface area (Å²) < 4.78 is 0.942. The summed E-state index contributed by atoms with van der Waals surface area (Å²) in [6, 6.07) is 15.7. The monoisotopic (exact) mass is 360 g/mol. The lowest BCUT2D eigenvalue weighted by molar-refractivity contribution is -0.114. The summed E-state index contributed by atoms with van der Waals surface area (Å²) in [5, 5.41) is 6.12. The molecule has 0 fully saturated rings. The maximum atomic E-state index is 12.2. The Morgan fingerprint density at radius 1 is 1.00 bits per heavy atom. The number of anilines is 2. The first-order chi connectivity index (χ1) is 10.4. The molecule has 116 valence electrons. The quantitative estimate of drug-likeness (QED) is 0.822. The average Bonchev–Trinajstić information content (AvgIpc) is 2.46. The molecule has 1 amide bonds. The van der Waals surface area contributed by atoms with Crippen LogP contribution in [0.2, 0.25) is 0 Å². The van der Waals surface area contributed by atoms with E-state index in [0.717, 1.165) is 21.4 Å². The third-order valence-corrected chi connectivity index (χ3v) is 4.01. The second-order valence-corrected chi connectivity index (χ2v) is 7.03. The van der Waals surface area contributed by atoms with E-state index in [2.05, 4.69) is 53.4 Å². The lowest BCUT2D eigenvalue weighted by Crippen LogP contribution is -2.24. The highest BCUT2D eigenvalue weighted by Gasteiger charge is 2.18. The zero-order chi connectivity index (χ0) is 16.2. The van der Waals surface area contributed by atoms with Gasteiger partial charge in [0, 0.05) is 15.8 Å². The Hall–Kier alpha value is -1.81. The van der Waals surface area contributed by atoms with E-state index in [1.807, 2.05) is 42.5 Å². The van der Waals surface area contributed by atoms with Gasteiger partial charge in [0.15, 0.2) is 0 Å². The highest BCUT2D eigenvalue weighted by molar-refractivity contribution is 9.10. The van der Waals surface area contributed by atoms with E-state index in [1.165, 1.54) is 0 Å². The fourth-order valence-electron chi connectivity index (χ4n) is 2.22. The molecule has 2 aromatic carbocycles. The number of para-hydroxylation sites is 2. The number of hydrogen-bond acceptors (Lipinski definition) is 2. The molecule has 0 radical (unpaired) electrons. The van der Waals surface area contributed by atoms with Gasteiger partial charge in [0.05, 0.1) is 6.54 Å². The van der Waals surface area contributed by atoms with E-state index >= 15 is 0 Å². The largest absolute Gasteiger partial charge is 0.375 e. The van der Waals surface area contributed by atoms with E-state index < -0.39 is 0 Å². The van der Waals surface area contributed by atoms with Crippen molar-refractivity contribution in [2.24, 2.45) is 0 Å². The van der Waals surface area contributed by atoms with Crippen LogP contribution in [-0.4, -0.2) is 12.5 Å². The number of benzene rings is 2. The van der Waals surface area contributed by atoms with Gasteiger partial charge in [-0.25, -0.2) is 0 Å². The number of halogens is 1. The molecule has 0 bridgehead atoms. The fourth-order valence-corrected chi connectivity index (χ4v) is 2.65. The van der Waals surface area contributed by atoms with Crippen molar-refractivity contribution in [3.05, 3.63) is 58.6 Å². The third kappa shape index (κ3) is 4.34. The van der Waals surface area contributed by atoms with Crippen LogP contribution in [-0.2, 0) is 10.2 Å². The summed E-state index contributed by atoms with van der Waals surface area (Å²) in [6.45, 7) is 6.63. The van der Waals surface area contributed by atoms with Gasteiger partial charge >= 0.3 is 0 Å². The van der Waals surface area contributed by atoms with Crippen LogP contribution in [0.3, 0.4) is 0 Å². The van der Waals surface area contributed by atoms with Crippen molar-refractivity contribution in [2.45, 2.75) is 26.2 Å². The number of amides is 1. The molecule has 0 aliphatic rings. The van der Waals surface area contributed by atoms with Crippen LogP contribution in [0, 0.1) is 0 Å². The maximum Gasteiger partial charge on any atom is 0.243 e. The minimum atomic E-state index is -0.0625. The first-order valence-corrected chi connectivity index (χ1v) is 8.05. The van der Waals surface area contributed by atoms with E-state index in [1.54, 1.807) is 0 Å². The van der Waals surface area contributed by atoms with Crippen LogP contribution < -0.4 is 10.6 Å².